The molecule has 1 fully saturated rings. The first-order valence-electron chi connectivity index (χ1n) is 11.6. The molecule has 0 bridgehead atoms. The predicted octanol–water partition coefficient (Wildman–Crippen LogP) is 4.79. The SMILES string of the molecule is CCC1CN(c2cc(=O)n(C)c3ccc(C#N)nc23)CC[C@H]1Oc1cccc(C(C)(C)C)c1. The fourth-order valence-electron chi connectivity index (χ4n) is 4.60. The fourth-order valence-corrected chi connectivity index (χ4v) is 4.60. The summed E-state index contributed by atoms with van der Waals surface area (Å²) < 4.78 is 8.08. The third kappa shape index (κ3) is 4.59. The van der Waals surface area contributed by atoms with Gasteiger partial charge in [0.1, 0.15) is 29.1 Å². The number of pyridine rings is 2. The van der Waals surface area contributed by atoms with Gasteiger partial charge in [-0.05, 0) is 41.7 Å². The molecule has 1 aromatic carbocycles. The van der Waals surface area contributed by atoms with Gasteiger partial charge in [0.05, 0.1) is 11.2 Å². The van der Waals surface area contributed by atoms with Crippen LogP contribution in [-0.4, -0.2) is 28.7 Å². The van der Waals surface area contributed by atoms with E-state index in [9.17, 15) is 10.1 Å². The molecule has 33 heavy (non-hydrogen) atoms. The zero-order valence-corrected chi connectivity index (χ0v) is 20.1. The molecule has 0 saturated carbocycles. The molecule has 1 aliphatic rings. The highest BCUT2D eigenvalue weighted by atomic mass is 16.5. The second-order valence-corrected chi connectivity index (χ2v) is 9.94. The van der Waals surface area contributed by atoms with Gasteiger partial charge in [-0.3, -0.25) is 4.79 Å². The third-order valence-corrected chi connectivity index (χ3v) is 6.70. The van der Waals surface area contributed by atoms with Crippen molar-refractivity contribution in [3.63, 3.8) is 0 Å². The second-order valence-electron chi connectivity index (χ2n) is 9.94. The van der Waals surface area contributed by atoms with E-state index in [4.69, 9.17) is 4.74 Å². The van der Waals surface area contributed by atoms with Crippen LogP contribution in [-0.2, 0) is 12.5 Å². The number of anilines is 1. The van der Waals surface area contributed by atoms with E-state index < -0.39 is 0 Å². The summed E-state index contributed by atoms with van der Waals surface area (Å²) in [6, 6.07) is 15.6. The van der Waals surface area contributed by atoms with E-state index in [0.717, 1.165) is 42.9 Å². The van der Waals surface area contributed by atoms with E-state index >= 15 is 0 Å². The molecule has 1 unspecified atom stereocenters. The second kappa shape index (κ2) is 8.90. The average molecular weight is 445 g/mol. The maximum absolute atomic E-state index is 12.6. The summed E-state index contributed by atoms with van der Waals surface area (Å²) in [6.07, 6.45) is 1.94. The molecule has 0 amide bonds. The highest BCUT2D eigenvalue weighted by molar-refractivity contribution is 5.88. The number of piperidine rings is 1. The molecule has 2 aromatic heterocycles. The van der Waals surface area contributed by atoms with E-state index in [1.165, 1.54) is 5.56 Å². The van der Waals surface area contributed by atoms with Crippen LogP contribution in [0.25, 0.3) is 11.0 Å². The van der Waals surface area contributed by atoms with Crippen LogP contribution < -0.4 is 15.2 Å². The maximum Gasteiger partial charge on any atom is 0.252 e. The molecule has 3 heterocycles. The minimum absolute atomic E-state index is 0.0721. The van der Waals surface area contributed by atoms with Gasteiger partial charge in [0, 0.05) is 38.5 Å². The van der Waals surface area contributed by atoms with Crippen molar-refractivity contribution in [1.82, 2.24) is 9.55 Å². The van der Waals surface area contributed by atoms with Gasteiger partial charge in [0.25, 0.3) is 5.56 Å². The van der Waals surface area contributed by atoms with Crippen LogP contribution in [0.15, 0.2) is 47.3 Å². The Morgan fingerprint density at radius 1 is 1.21 bits per heavy atom. The van der Waals surface area contributed by atoms with Crippen LogP contribution in [0.3, 0.4) is 0 Å². The zero-order valence-electron chi connectivity index (χ0n) is 20.1. The quantitative estimate of drug-likeness (QED) is 0.579. The Morgan fingerprint density at radius 2 is 2.00 bits per heavy atom. The van der Waals surface area contributed by atoms with Gasteiger partial charge in [0.2, 0.25) is 0 Å². The minimum atomic E-state index is -0.0746. The van der Waals surface area contributed by atoms with Crippen LogP contribution in [0.1, 0.15) is 51.8 Å². The molecule has 4 rings (SSSR count). The van der Waals surface area contributed by atoms with Gasteiger partial charge in [-0.2, -0.15) is 5.26 Å². The molecule has 2 atom stereocenters. The van der Waals surface area contributed by atoms with Crippen molar-refractivity contribution in [2.45, 2.75) is 52.1 Å². The van der Waals surface area contributed by atoms with Crippen molar-refractivity contribution in [1.29, 1.82) is 5.26 Å². The lowest BCUT2D eigenvalue weighted by Gasteiger charge is -2.39. The minimum Gasteiger partial charge on any atom is -0.490 e. The Morgan fingerprint density at radius 3 is 2.70 bits per heavy atom. The van der Waals surface area contributed by atoms with Crippen molar-refractivity contribution in [2.24, 2.45) is 13.0 Å². The van der Waals surface area contributed by atoms with E-state index in [2.05, 4.69) is 61.8 Å². The van der Waals surface area contributed by atoms with E-state index in [-0.39, 0.29) is 17.1 Å². The Kier molecular flexibility index (Phi) is 6.16. The van der Waals surface area contributed by atoms with Crippen molar-refractivity contribution < 1.29 is 4.74 Å². The van der Waals surface area contributed by atoms with Gasteiger partial charge in [-0.15, -0.1) is 0 Å². The zero-order chi connectivity index (χ0) is 23.8. The smallest absolute Gasteiger partial charge is 0.252 e. The molecule has 0 aliphatic carbocycles. The van der Waals surface area contributed by atoms with E-state index in [1.54, 1.807) is 29.8 Å². The van der Waals surface area contributed by atoms with Gasteiger partial charge in [0.15, 0.2) is 0 Å². The van der Waals surface area contributed by atoms with E-state index in [1.807, 2.05) is 6.07 Å². The van der Waals surface area contributed by atoms with E-state index in [0.29, 0.717) is 17.1 Å². The Balaban J connectivity index is 1.61. The Hall–Kier alpha value is -3.33. The largest absolute Gasteiger partial charge is 0.490 e. The molecule has 6 heteroatoms. The highest BCUT2D eigenvalue weighted by Gasteiger charge is 2.31. The summed E-state index contributed by atoms with van der Waals surface area (Å²) in [7, 11) is 1.74. The lowest BCUT2D eigenvalue weighted by atomic mass is 9.87. The van der Waals surface area contributed by atoms with Crippen molar-refractivity contribution in [3.05, 3.63) is 64.1 Å². The number of aromatic nitrogens is 2. The summed E-state index contributed by atoms with van der Waals surface area (Å²) in [5.41, 5.74) is 3.85. The lowest BCUT2D eigenvalue weighted by molar-refractivity contribution is 0.109. The fraction of sp³-hybridized carbons (Fsp3) is 0.444. The first-order valence-corrected chi connectivity index (χ1v) is 11.6. The molecular formula is C27H32N4O2. The number of rotatable bonds is 4. The standard InChI is InChI=1S/C27H32N4O2/c1-6-18-17-31(13-12-24(18)33-21-9-7-8-19(14-21)27(2,3)4)23-15-25(32)30(5)22-11-10-20(16-28)29-26(22)23/h7-11,14-15,18,24H,6,12-13,17H2,1-5H3/t18?,24-/m1/s1. The number of hydrogen-bond acceptors (Lipinski definition) is 5. The van der Waals surface area contributed by atoms with Gasteiger partial charge >= 0.3 is 0 Å². The number of fused-ring (bicyclic) bond motifs is 1. The topological polar surface area (TPSA) is 71.2 Å². The monoisotopic (exact) mass is 444 g/mol. The number of benzene rings is 1. The van der Waals surface area contributed by atoms with Crippen LogP contribution in [0.5, 0.6) is 5.75 Å². The van der Waals surface area contributed by atoms with Crippen LogP contribution in [0, 0.1) is 17.2 Å². The maximum atomic E-state index is 12.6. The van der Waals surface area contributed by atoms with Gasteiger partial charge in [-0.25, -0.2) is 4.98 Å². The van der Waals surface area contributed by atoms with Crippen LogP contribution in [0.4, 0.5) is 5.69 Å². The van der Waals surface area contributed by atoms with Crippen LogP contribution >= 0.6 is 0 Å². The Labute approximate surface area is 195 Å². The first kappa shape index (κ1) is 22.8. The normalized spacial score (nSPS) is 18.8. The molecular weight excluding hydrogens is 412 g/mol. The van der Waals surface area contributed by atoms with Gasteiger partial charge in [-0.1, -0.05) is 39.8 Å². The summed E-state index contributed by atoms with van der Waals surface area (Å²) in [5.74, 6) is 1.23. The number of nitriles is 1. The molecule has 0 spiro atoms. The molecule has 1 saturated heterocycles. The number of aryl methyl sites for hydroxylation is 1. The van der Waals surface area contributed by atoms with Gasteiger partial charge < -0.3 is 14.2 Å². The molecule has 1 aliphatic heterocycles. The Bertz CT molecular complexity index is 1270. The average Bonchev–Trinajstić information content (AvgIpc) is 2.81. The molecule has 6 nitrogen and oxygen atoms in total. The summed E-state index contributed by atoms with van der Waals surface area (Å²) in [6.45, 7) is 10.4. The van der Waals surface area contributed by atoms with Crippen LogP contribution in [0.2, 0.25) is 0 Å². The molecule has 172 valence electrons. The first-order chi connectivity index (χ1) is 15.7. The number of nitrogens with zero attached hydrogens (tertiary/aromatic N) is 4. The highest BCUT2D eigenvalue weighted by Crippen LogP contribution is 2.32. The summed E-state index contributed by atoms with van der Waals surface area (Å²) >= 11 is 0. The van der Waals surface area contributed by atoms with Crippen molar-refractivity contribution >= 4 is 16.7 Å². The number of ether oxygens (including phenoxy) is 1. The molecule has 0 N–H and O–H groups in total. The van der Waals surface area contributed by atoms with Crippen molar-refractivity contribution in [3.8, 4) is 11.8 Å². The van der Waals surface area contributed by atoms with Crippen molar-refractivity contribution in [2.75, 3.05) is 18.0 Å². The summed E-state index contributed by atoms with van der Waals surface area (Å²) in [5, 5.41) is 9.34. The third-order valence-electron chi connectivity index (χ3n) is 6.70. The lowest BCUT2D eigenvalue weighted by Crippen LogP contribution is -2.46. The number of hydrogen-bond donors (Lipinski definition) is 0. The molecule has 3 aromatic rings. The predicted molar refractivity (Wildman–Crippen MR) is 132 cm³/mol. The summed E-state index contributed by atoms with van der Waals surface area (Å²) in [4.78, 5) is 19.4. The molecule has 0 radical (unpaired) electrons.